The van der Waals surface area contributed by atoms with Crippen molar-refractivity contribution in [1.82, 2.24) is 9.78 Å². The van der Waals surface area contributed by atoms with Gasteiger partial charge in [-0.05, 0) is 25.1 Å². The zero-order chi connectivity index (χ0) is 14.5. The van der Waals surface area contributed by atoms with Crippen molar-refractivity contribution < 1.29 is 9.53 Å². The maximum Gasteiger partial charge on any atom is 0.243 e. The number of carbonyl (C=O) groups excluding carboxylic acids is 1. The lowest BCUT2D eigenvalue weighted by Crippen LogP contribution is -2.39. The minimum atomic E-state index is -0.701. The first-order valence-corrected chi connectivity index (χ1v) is 6.29. The van der Waals surface area contributed by atoms with Gasteiger partial charge < -0.3 is 15.8 Å². The highest BCUT2D eigenvalue weighted by Gasteiger charge is 2.15. The third-order valence-corrected chi connectivity index (χ3v) is 2.81. The van der Waals surface area contributed by atoms with E-state index >= 15 is 0 Å². The Hall–Kier alpha value is -2.18. The van der Waals surface area contributed by atoms with Crippen molar-refractivity contribution in [2.75, 3.05) is 19.0 Å². The largest absolute Gasteiger partial charge is 0.383 e. The zero-order valence-corrected chi connectivity index (χ0v) is 11.5. The number of aromatic nitrogens is 2. The van der Waals surface area contributed by atoms with Gasteiger partial charge in [-0.25, -0.2) is 4.68 Å². The van der Waals surface area contributed by atoms with Crippen molar-refractivity contribution >= 4 is 11.6 Å². The molecule has 0 saturated heterocycles. The average molecular weight is 274 g/mol. The van der Waals surface area contributed by atoms with Crippen LogP contribution in [0.1, 0.15) is 5.69 Å². The molecule has 0 aliphatic carbocycles. The second kappa shape index (κ2) is 6.31. The Morgan fingerprint density at radius 1 is 1.45 bits per heavy atom. The summed E-state index contributed by atoms with van der Waals surface area (Å²) in [5.41, 5.74) is 8.06. The molecule has 0 radical (unpaired) electrons. The molecule has 0 aliphatic rings. The first kappa shape index (κ1) is 14.2. The number of nitrogens with one attached hydrogen (secondary N) is 1. The number of nitrogens with zero attached hydrogens (tertiary/aromatic N) is 2. The van der Waals surface area contributed by atoms with Crippen molar-refractivity contribution in [1.29, 1.82) is 0 Å². The Balaban J connectivity index is 2.22. The van der Waals surface area contributed by atoms with Gasteiger partial charge in [-0.3, -0.25) is 4.79 Å². The number of anilines is 1. The molecule has 1 aromatic heterocycles. The summed E-state index contributed by atoms with van der Waals surface area (Å²) < 4.78 is 6.59. The minimum absolute atomic E-state index is 0.175. The van der Waals surface area contributed by atoms with Crippen LogP contribution in [0.4, 0.5) is 5.69 Å². The smallest absolute Gasteiger partial charge is 0.243 e. The van der Waals surface area contributed by atoms with Gasteiger partial charge in [0, 0.05) is 13.3 Å². The predicted octanol–water partition coefficient (Wildman–Crippen LogP) is 1.09. The molecule has 1 aromatic carbocycles. The second-order valence-corrected chi connectivity index (χ2v) is 4.47. The predicted molar refractivity (Wildman–Crippen MR) is 76.8 cm³/mol. The standard InChI is InChI=1S/C14H18N4O2/c1-10-7-8-18(17-10)13-6-4-3-5-12(13)16-14(19)11(15)9-20-2/h3-8,11H,9,15H2,1-2H3,(H,16,19). The number of benzene rings is 1. The molecular formula is C14H18N4O2. The van der Waals surface area contributed by atoms with Crippen molar-refractivity contribution in [3.8, 4) is 5.69 Å². The number of rotatable bonds is 5. The maximum atomic E-state index is 11.9. The Morgan fingerprint density at radius 3 is 2.85 bits per heavy atom. The van der Waals surface area contributed by atoms with Crippen LogP contribution in [0.2, 0.25) is 0 Å². The third kappa shape index (κ3) is 3.23. The van der Waals surface area contributed by atoms with Crippen molar-refractivity contribution in [3.63, 3.8) is 0 Å². The van der Waals surface area contributed by atoms with Crippen LogP contribution in [0, 0.1) is 6.92 Å². The molecule has 3 N–H and O–H groups in total. The van der Waals surface area contributed by atoms with Crippen LogP contribution >= 0.6 is 0 Å². The number of aryl methyl sites for hydroxylation is 1. The van der Waals surface area contributed by atoms with Crippen molar-refractivity contribution in [2.24, 2.45) is 5.73 Å². The number of amides is 1. The van der Waals surface area contributed by atoms with E-state index in [1.807, 2.05) is 43.5 Å². The second-order valence-electron chi connectivity index (χ2n) is 4.47. The summed E-state index contributed by atoms with van der Waals surface area (Å²) in [4.78, 5) is 11.9. The first-order chi connectivity index (χ1) is 9.61. The number of methoxy groups -OCH3 is 1. The van der Waals surface area contributed by atoms with E-state index in [2.05, 4.69) is 10.4 Å². The van der Waals surface area contributed by atoms with Crippen molar-refractivity contribution in [3.05, 3.63) is 42.2 Å². The molecule has 106 valence electrons. The monoisotopic (exact) mass is 274 g/mol. The molecule has 0 saturated carbocycles. The first-order valence-electron chi connectivity index (χ1n) is 6.29. The van der Waals surface area contributed by atoms with Crippen LogP contribution < -0.4 is 11.1 Å². The van der Waals surface area contributed by atoms with Gasteiger partial charge in [-0.15, -0.1) is 0 Å². The van der Waals surface area contributed by atoms with Crippen LogP contribution in [0.25, 0.3) is 5.69 Å². The van der Waals surface area contributed by atoms with E-state index in [0.29, 0.717) is 5.69 Å². The van der Waals surface area contributed by atoms with Crippen LogP contribution in [0.15, 0.2) is 36.5 Å². The molecule has 6 nitrogen and oxygen atoms in total. The fraction of sp³-hybridized carbons (Fsp3) is 0.286. The van der Waals surface area contributed by atoms with E-state index in [-0.39, 0.29) is 12.5 Å². The van der Waals surface area contributed by atoms with Gasteiger partial charge >= 0.3 is 0 Å². The van der Waals surface area contributed by atoms with Crippen LogP contribution in [-0.4, -0.2) is 35.4 Å². The summed E-state index contributed by atoms with van der Waals surface area (Å²) in [5.74, 6) is -0.289. The van der Waals surface area contributed by atoms with E-state index in [9.17, 15) is 4.79 Å². The van der Waals surface area contributed by atoms with Gasteiger partial charge in [0.25, 0.3) is 0 Å². The van der Waals surface area contributed by atoms with E-state index < -0.39 is 6.04 Å². The molecule has 0 spiro atoms. The summed E-state index contributed by atoms with van der Waals surface area (Å²) in [6, 6.07) is 8.62. The highest BCUT2D eigenvalue weighted by molar-refractivity contribution is 5.96. The van der Waals surface area contributed by atoms with Crippen LogP contribution in [0.3, 0.4) is 0 Å². The lowest BCUT2D eigenvalue weighted by atomic mass is 10.2. The Bertz CT molecular complexity index is 594. The summed E-state index contributed by atoms with van der Waals surface area (Å²) in [5, 5.41) is 7.14. The molecule has 0 aliphatic heterocycles. The fourth-order valence-corrected chi connectivity index (χ4v) is 1.81. The number of hydrogen-bond donors (Lipinski definition) is 2. The highest BCUT2D eigenvalue weighted by atomic mass is 16.5. The van der Waals surface area contributed by atoms with Gasteiger partial charge in [0.15, 0.2) is 0 Å². The number of carbonyl (C=O) groups is 1. The van der Waals surface area contributed by atoms with E-state index in [4.69, 9.17) is 10.5 Å². The summed E-state index contributed by atoms with van der Waals surface area (Å²) in [6.45, 7) is 2.08. The van der Waals surface area contributed by atoms with Crippen molar-refractivity contribution in [2.45, 2.75) is 13.0 Å². The molecule has 20 heavy (non-hydrogen) atoms. The molecule has 2 rings (SSSR count). The summed E-state index contributed by atoms with van der Waals surface area (Å²) in [7, 11) is 1.51. The molecule has 1 unspecified atom stereocenters. The molecule has 1 amide bonds. The molecule has 6 heteroatoms. The molecular weight excluding hydrogens is 256 g/mol. The fourth-order valence-electron chi connectivity index (χ4n) is 1.81. The summed E-state index contributed by atoms with van der Waals surface area (Å²) >= 11 is 0. The highest BCUT2D eigenvalue weighted by Crippen LogP contribution is 2.19. The number of nitrogens with two attached hydrogens (primary N) is 1. The molecule has 2 aromatic rings. The normalized spacial score (nSPS) is 12.2. The van der Waals surface area contributed by atoms with Gasteiger partial charge in [0.05, 0.1) is 23.7 Å². The Labute approximate surface area is 117 Å². The van der Waals surface area contributed by atoms with E-state index in [1.54, 1.807) is 4.68 Å². The topological polar surface area (TPSA) is 82.2 Å². The van der Waals surface area contributed by atoms with E-state index in [1.165, 1.54) is 7.11 Å². The Kier molecular flexibility index (Phi) is 4.49. The summed E-state index contributed by atoms with van der Waals surface area (Å²) in [6.07, 6.45) is 1.84. The van der Waals surface area contributed by atoms with Gasteiger partial charge in [0.1, 0.15) is 6.04 Å². The third-order valence-electron chi connectivity index (χ3n) is 2.81. The van der Waals surface area contributed by atoms with Gasteiger partial charge in [0.2, 0.25) is 5.91 Å². The quantitative estimate of drug-likeness (QED) is 0.855. The average Bonchev–Trinajstić information content (AvgIpc) is 2.86. The minimum Gasteiger partial charge on any atom is -0.383 e. The lowest BCUT2D eigenvalue weighted by molar-refractivity contribution is -0.118. The zero-order valence-electron chi connectivity index (χ0n) is 11.5. The SMILES string of the molecule is COCC(N)C(=O)Nc1ccccc1-n1ccc(C)n1. The van der Waals surface area contributed by atoms with Gasteiger partial charge in [-0.2, -0.15) is 5.10 Å². The van der Waals surface area contributed by atoms with Crippen LogP contribution in [0.5, 0.6) is 0 Å². The van der Waals surface area contributed by atoms with Gasteiger partial charge in [-0.1, -0.05) is 12.1 Å². The molecule has 1 heterocycles. The Morgan fingerprint density at radius 2 is 2.20 bits per heavy atom. The molecule has 0 bridgehead atoms. The van der Waals surface area contributed by atoms with Crippen LogP contribution in [-0.2, 0) is 9.53 Å². The lowest BCUT2D eigenvalue weighted by Gasteiger charge is -2.14. The maximum absolute atomic E-state index is 11.9. The van der Waals surface area contributed by atoms with E-state index in [0.717, 1.165) is 11.4 Å². The molecule has 1 atom stereocenters. The molecule has 0 fully saturated rings. The number of ether oxygens (including phenoxy) is 1. The number of para-hydroxylation sites is 2. The number of hydrogen-bond acceptors (Lipinski definition) is 4.